The highest BCUT2D eigenvalue weighted by atomic mass is 127. The van der Waals surface area contributed by atoms with E-state index in [2.05, 4.69) is 40.7 Å². The number of aryl methyl sites for hydroxylation is 1. The fourth-order valence-electron chi connectivity index (χ4n) is 1.15. The van der Waals surface area contributed by atoms with Crippen LogP contribution in [0.2, 0.25) is 0 Å². The zero-order chi connectivity index (χ0) is 7.84. The molecular weight excluding hydrogens is 251 g/mol. The molecule has 56 valence electrons. The van der Waals surface area contributed by atoms with Crippen LogP contribution in [-0.2, 0) is 0 Å². The summed E-state index contributed by atoms with van der Waals surface area (Å²) in [6.07, 6.45) is 3.85. The van der Waals surface area contributed by atoms with Gasteiger partial charge >= 0.3 is 0 Å². The Hall–Kier alpha value is -0.580. The maximum Gasteiger partial charge on any atom is 0.0824 e. The van der Waals surface area contributed by atoms with Crippen molar-refractivity contribution >= 4 is 28.1 Å². The number of pyridine rings is 1. The van der Waals surface area contributed by atoms with E-state index in [0.29, 0.717) is 0 Å². The van der Waals surface area contributed by atoms with Crippen molar-refractivity contribution in [1.29, 1.82) is 0 Å². The fourth-order valence-corrected chi connectivity index (χ4v) is 2.03. The number of nitrogens with zero attached hydrogens (tertiary/aromatic N) is 2. The van der Waals surface area contributed by atoms with Crippen molar-refractivity contribution in [2.45, 2.75) is 6.92 Å². The van der Waals surface area contributed by atoms with E-state index in [1.807, 2.05) is 23.0 Å². The lowest BCUT2D eigenvalue weighted by Crippen LogP contribution is -1.87. The molecule has 0 aliphatic heterocycles. The van der Waals surface area contributed by atoms with Crippen molar-refractivity contribution < 1.29 is 0 Å². The van der Waals surface area contributed by atoms with Gasteiger partial charge in [0.1, 0.15) is 0 Å². The molecule has 2 aromatic rings. The van der Waals surface area contributed by atoms with Crippen LogP contribution in [0.1, 0.15) is 5.56 Å². The third-order valence-corrected chi connectivity index (χ3v) is 2.54. The normalized spacial score (nSPS) is 10.7. The maximum absolute atomic E-state index is 4.19. The van der Waals surface area contributed by atoms with Gasteiger partial charge in [-0.15, -0.1) is 0 Å². The van der Waals surface area contributed by atoms with Gasteiger partial charge in [0.25, 0.3) is 0 Å². The monoisotopic (exact) mass is 258 g/mol. The molecule has 0 atom stereocenters. The van der Waals surface area contributed by atoms with Crippen LogP contribution in [0.15, 0.2) is 24.5 Å². The van der Waals surface area contributed by atoms with Crippen LogP contribution in [-0.4, -0.2) is 9.61 Å². The van der Waals surface area contributed by atoms with Crippen LogP contribution in [0.5, 0.6) is 0 Å². The van der Waals surface area contributed by atoms with E-state index in [4.69, 9.17) is 0 Å². The molecule has 0 radical (unpaired) electrons. The quantitative estimate of drug-likeness (QED) is 0.662. The molecule has 2 heterocycles. The third-order valence-electron chi connectivity index (χ3n) is 1.67. The third kappa shape index (κ3) is 1.03. The number of aromatic nitrogens is 2. The van der Waals surface area contributed by atoms with E-state index in [1.165, 1.54) is 14.7 Å². The van der Waals surface area contributed by atoms with Crippen molar-refractivity contribution in [3.05, 3.63) is 33.7 Å². The second-order valence-electron chi connectivity index (χ2n) is 2.48. The molecule has 0 aliphatic rings. The van der Waals surface area contributed by atoms with Gasteiger partial charge < -0.3 is 0 Å². The lowest BCUT2D eigenvalue weighted by molar-refractivity contribution is 0.958. The maximum atomic E-state index is 4.19. The molecular formula is C8H7IN2. The van der Waals surface area contributed by atoms with E-state index >= 15 is 0 Å². The summed E-state index contributed by atoms with van der Waals surface area (Å²) in [6, 6.07) is 4.09. The van der Waals surface area contributed by atoms with Gasteiger partial charge in [0.15, 0.2) is 0 Å². The Balaban J connectivity index is 2.96. The lowest BCUT2D eigenvalue weighted by Gasteiger charge is -1.95. The van der Waals surface area contributed by atoms with Crippen molar-refractivity contribution in [3.63, 3.8) is 0 Å². The summed E-state index contributed by atoms with van der Waals surface area (Å²) in [6.45, 7) is 2.07. The van der Waals surface area contributed by atoms with E-state index in [0.717, 1.165) is 0 Å². The van der Waals surface area contributed by atoms with Crippen LogP contribution in [0, 0.1) is 10.5 Å². The Kier molecular flexibility index (Phi) is 1.60. The summed E-state index contributed by atoms with van der Waals surface area (Å²) in [5, 5.41) is 4.19. The number of fused-ring (bicyclic) bond motifs is 1. The highest BCUT2D eigenvalue weighted by Gasteiger charge is 2.01. The topological polar surface area (TPSA) is 17.3 Å². The predicted octanol–water partition coefficient (Wildman–Crippen LogP) is 2.25. The molecule has 0 bridgehead atoms. The number of hydrogen-bond acceptors (Lipinski definition) is 1. The number of rotatable bonds is 0. The van der Waals surface area contributed by atoms with Gasteiger partial charge in [-0.1, -0.05) is 0 Å². The first kappa shape index (κ1) is 7.09. The summed E-state index contributed by atoms with van der Waals surface area (Å²) >= 11 is 2.32. The van der Waals surface area contributed by atoms with Gasteiger partial charge in [-0.05, 0) is 47.2 Å². The van der Waals surface area contributed by atoms with Crippen LogP contribution in [0.25, 0.3) is 5.52 Å². The second kappa shape index (κ2) is 2.48. The van der Waals surface area contributed by atoms with Crippen LogP contribution in [0.4, 0.5) is 0 Å². The predicted molar refractivity (Wildman–Crippen MR) is 52.6 cm³/mol. The van der Waals surface area contributed by atoms with Gasteiger partial charge in [0.05, 0.1) is 11.7 Å². The molecule has 2 rings (SSSR count). The molecule has 3 heteroatoms. The zero-order valence-corrected chi connectivity index (χ0v) is 8.24. The molecule has 11 heavy (non-hydrogen) atoms. The minimum Gasteiger partial charge on any atom is -0.240 e. The Morgan fingerprint density at radius 2 is 2.36 bits per heavy atom. The Morgan fingerprint density at radius 1 is 1.55 bits per heavy atom. The largest absolute Gasteiger partial charge is 0.240 e. The minimum atomic E-state index is 1.22. The summed E-state index contributed by atoms with van der Waals surface area (Å²) in [5.74, 6) is 0. The first-order valence-corrected chi connectivity index (χ1v) is 4.45. The molecule has 2 nitrogen and oxygen atoms in total. The van der Waals surface area contributed by atoms with E-state index in [-0.39, 0.29) is 0 Å². The van der Waals surface area contributed by atoms with E-state index in [9.17, 15) is 0 Å². The van der Waals surface area contributed by atoms with Crippen LogP contribution >= 0.6 is 22.6 Å². The van der Waals surface area contributed by atoms with E-state index < -0.39 is 0 Å². The standard InChI is InChI=1S/C8H7IN2/c1-6-5-10-11-4-2-3-7(9)8(6)11/h2-5H,1H3. The SMILES string of the molecule is Cc1cnn2cccc(I)c12. The molecule has 0 spiro atoms. The van der Waals surface area contributed by atoms with Crippen molar-refractivity contribution in [1.82, 2.24) is 9.61 Å². The summed E-state index contributed by atoms with van der Waals surface area (Å²) in [7, 11) is 0. The zero-order valence-electron chi connectivity index (χ0n) is 6.08. The lowest BCUT2D eigenvalue weighted by atomic mass is 10.3. The highest BCUT2D eigenvalue weighted by molar-refractivity contribution is 14.1. The van der Waals surface area contributed by atoms with Crippen LogP contribution in [0.3, 0.4) is 0 Å². The number of hydrogen-bond donors (Lipinski definition) is 0. The molecule has 0 N–H and O–H groups in total. The minimum absolute atomic E-state index is 1.22. The van der Waals surface area contributed by atoms with Crippen molar-refractivity contribution in [2.24, 2.45) is 0 Å². The van der Waals surface area contributed by atoms with Crippen LogP contribution < -0.4 is 0 Å². The second-order valence-corrected chi connectivity index (χ2v) is 3.64. The van der Waals surface area contributed by atoms with Gasteiger partial charge in [-0.2, -0.15) is 5.10 Å². The average Bonchev–Trinajstić information content (AvgIpc) is 2.34. The molecule has 2 aromatic heterocycles. The van der Waals surface area contributed by atoms with Gasteiger partial charge in [0, 0.05) is 9.77 Å². The summed E-state index contributed by atoms with van der Waals surface area (Å²) in [4.78, 5) is 0. The number of halogens is 1. The Bertz CT molecular complexity index is 392. The Labute approximate surface area is 78.4 Å². The summed E-state index contributed by atoms with van der Waals surface area (Å²) < 4.78 is 3.15. The first-order valence-electron chi connectivity index (χ1n) is 3.37. The molecule has 0 fully saturated rings. The summed E-state index contributed by atoms with van der Waals surface area (Å²) in [5.41, 5.74) is 2.45. The highest BCUT2D eigenvalue weighted by Crippen LogP contribution is 2.16. The molecule has 0 unspecified atom stereocenters. The molecule has 0 aromatic carbocycles. The van der Waals surface area contributed by atoms with Gasteiger partial charge in [-0.3, -0.25) is 0 Å². The van der Waals surface area contributed by atoms with Crippen molar-refractivity contribution in [3.8, 4) is 0 Å². The van der Waals surface area contributed by atoms with E-state index in [1.54, 1.807) is 0 Å². The molecule has 0 amide bonds. The molecule has 0 aliphatic carbocycles. The molecule has 0 saturated carbocycles. The Morgan fingerprint density at radius 3 is 3.09 bits per heavy atom. The average molecular weight is 258 g/mol. The molecule has 0 saturated heterocycles. The van der Waals surface area contributed by atoms with Gasteiger partial charge in [0.2, 0.25) is 0 Å². The smallest absolute Gasteiger partial charge is 0.0824 e. The van der Waals surface area contributed by atoms with Crippen molar-refractivity contribution in [2.75, 3.05) is 0 Å². The fraction of sp³-hybridized carbons (Fsp3) is 0.125. The first-order chi connectivity index (χ1) is 5.29. The van der Waals surface area contributed by atoms with Gasteiger partial charge in [-0.25, -0.2) is 4.52 Å².